The van der Waals surface area contributed by atoms with Gasteiger partial charge in [-0.2, -0.15) is 0 Å². The van der Waals surface area contributed by atoms with Gasteiger partial charge in [0.2, 0.25) is 0 Å². The number of fused-ring (bicyclic) bond motifs is 9. The van der Waals surface area contributed by atoms with Crippen LogP contribution in [0.4, 0.5) is 0 Å². The zero-order chi connectivity index (χ0) is 25.5. The highest BCUT2D eigenvalue weighted by Gasteiger charge is 2.21. The van der Waals surface area contributed by atoms with Crippen molar-refractivity contribution < 1.29 is 0 Å². The summed E-state index contributed by atoms with van der Waals surface area (Å²) in [6.45, 7) is 0. The molecule has 0 amide bonds. The number of nitrogens with one attached hydrogen (secondary N) is 1. The number of nitrogens with zero attached hydrogens (tertiary/aromatic N) is 2. The van der Waals surface area contributed by atoms with Crippen LogP contribution in [0.3, 0.4) is 0 Å². The van der Waals surface area contributed by atoms with Gasteiger partial charge in [-0.15, -0.1) is 0 Å². The summed E-state index contributed by atoms with van der Waals surface area (Å²) in [5, 5.41) is 7.53. The average molecular weight is 498 g/mol. The molecule has 182 valence electrons. The van der Waals surface area contributed by atoms with Crippen molar-refractivity contribution in [2.75, 3.05) is 0 Å². The summed E-state index contributed by atoms with van der Waals surface area (Å²) in [7, 11) is 0. The van der Waals surface area contributed by atoms with Gasteiger partial charge in [0.1, 0.15) is 0 Å². The lowest BCUT2D eigenvalue weighted by Crippen LogP contribution is -2.01. The van der Waals surface area contributed by atoms with Crippen LogP contribution in [0.15, 0.2) is 133 Å². The summed E-state index contributed by atoms with van der Waals surface area (Å²) in [4.78, 5) is 3.75. The summed E-state index contributed by atoms with van der Waals surface area (Å²) >= 11 is 0. The van der Waals surface area contributed by atoms with Crippen molar-refractivity contribution in [3.05, 3.63) is 133 Å². The summed E-state index contributed by atoms with van der Waals surface area (Å²) in [6, 6.07) is 48.2. The molecule has 1 N–H and O–H groups in total. The van der Waals surface area contributed by atoms with Gasteiger partial charge in [0, 0.05) is 37.8 Å². The van der Waals surface area contributed by atoms with Crippen LogP contribution in [-0.2, 0) is 0 Å². The summed E-state index contributed by atoms with van der Waals surface area (Å²) in [6.07, 6.45) is 0. The van der Waals surface area contributed by atoms with E-state index in [9.17, 15) is 0 Å². The van der Waals surface area contributed by atoms with Crippen molar-refractivity contribution in [3.63, 3.8) is 0 Å². The molecular formula is C36H23N3. The van der Waals surface area contributed by atoms with Crippen molar-refractivity contribution in [2.24, 2.45) is 0 Å². The lowest BCUT2D eigenvalue weighted by Gasteiger charge is -2.15. The molecule has 0 aliphatic rings. The Morgan fingerprint density at radius 3 is 1.54 bits per heavy atom. The van der Waals surface area contributed by atoms with E-state index in [0.717, 1.165) is 16.7 Å². The van der Waals surface area contributed by atoms with Crippen molar-refractivity contribution in [3.8, 4) is 11.4 Å². The first kappa shape index (κ1) is 20.7. The Balaban J connectivity index is 1.50. The van der Waals surface area contributed by atoms with Crippen LogP contribution in [0.25, 0.3) is 76.8 Å². The van der Waals surface area contributed by atoms with Crippen LogP contribution < -0.4 is 0 Å². The smallest absolute Gasteiger partial charge is 0.0783 e. The first-order chi connectivity index (χ1) is 19.4. The minimum Gasteiger partial charge on any atom is -0.353 e. The van der Waals surface area contributed by atoms with Gasteiger partial charge < -0.3 is 14.1 Å². The second kappa shape index (κ2) is 7.62. The van der Waals surface area contributed by atoms with Gasteiger partial charge in [-0.1, -0.05) is 97.1 Å². The Hall–Kier alpha value is -5.28. The van der Waals surface area contributed by atoms with Gasteiger partial charge in [0.15, 0.2) is 0 Å². The number of aromatic amines is 1. The maximum Gasteiger partial charge on any atom is 0.0783 e. The quantitative estimate of drug-likeness (QED) is 0.246. The fourth-order valence-corrected chi connectivity index (χ4v) is 6.66. The molecule has 9 rings (SSSR count). The molecule has 0 aliphatic heterocycles. The van der Waals surface area contributed by atoms with Crippen molar-refractivity contribution >= 4 is 65.4 Å². The van der Waals surface area contributed by atoms with E-state index in [0.29, 0.717) is 0 Å². The first-order valence-electron chi connectivity index (χ1n) is 13.4. The largest absolute Gasteiger partial charge is 0.353 e. The Kier molecular flexibility index (Phi) is 4.05. The lowest BCUT2D eigenvalue weighted by atomic mass is 10.1. The van der Waals surface area contributed by atoms with E-state index in [-0.39, 0.29) is 0 Å². The number of H-pyrrole nitrogens is 1. The molecule has 3 heteroatoms. The highest BCUT2D eigenvalue weighted by Crippen LogP contribution is 2.41. The molecule has 0 bridgehead atoms. The molecule has 9 aromatic rings. The maximum absolute atomic E-state index is 3.75. The van der Waals surface area contributed by atoms with E-state index in [1.54, 1.807) is 0 Å². The van der Waals surface area contributed by atoms with E-state index in [1.165, 1.54) is 60.1 Å². The predicted octanol–water partition coefficient (Wildman–Crippen LogP) is 9.52. The highest BCUT2D eigenvalue weighted by atomic mass is 15.1. The minimum atomic E-state index is 1.15. The SMILES string of the molecule is c1ccc2c(c1)[nH]c1c(-n3c4ccccc4c4cccc(-n5c6ccccc6c6ccccc65)c43)cccc12. The molecule has 3 heterocycles. The van der Waals surface area contributed by atoms with Gasteiger partial charge in [-0.05, 0) is 36.4 Å². The molecular weight excluding hydrogens is 474 g/mol. The van der Waals surface area contributed by atoms with Crippen LogP contribution in [0.5, 0.6) is 0 Å². The lowest BCUT2D eigenvalue weighted by molar-refractivity contribution is 1.14. The molecule has 3 aromatic heterocycles. The molecule has 0 spiro atoms. The fourth-order valence-electron chi connectivity index (χ4n) is 6.66. The fraction of sp³-hybridized carbons (Fsp3) is 0. The molecule has 6 aromatic carbocycles. The average Bonchev–Trinajstić information content (AvgIpc) is 3.65. The van der Waals surface area contributed by atoms with Crippen LogP contribution >= 0.6 is 0 Å². The van der Waals surface area contributed by atoms with Crippen LogP contribution in [0.2, 0.25) is 0 Å². The molecule has 3 nitrogen and oxygen atoms in total. The molecule has 0 saturated heterocycles. The number of benzene rings is 6. The van der Waals surface area contributed by atoms with E-state index in [4.69, 9.17) is 0 Å². The minimum absolute atomic E-state index is 1.15. The standard InChI is InChI=1S/C36H23N3/c1-5-17-29-23(11-1)27-15-9-21-33(35(27)37-29)39-32-20-8-4-14-26(32)28-16-10-22-34(36(28)39)38-30-18-6-2-12-24(30)25-13-3-7-19-31(25)38/h1-22,37H. The highest BCUT2D eigenvalue weighted by molar-refractivity contribution is 6.17. The molecule has 0 atom stereocenters. The Bertz CT molecular complexity index is 2340. The number of hydrogen-bond acceptors (Lipinski definition) is 0. The molecule has 0 radical (unpaired) electrons. The van der Waals surface area contributed by atoms with Gasteiger partial charge in [-0.25, -0.2) is 0 Å². The molecule has 39 heavy (non-hydrogen) atoms. The van der Waals surface area contributed by atoms with E-state index >= 15 is 0 Å². The summed E-state index contributed by atoms with van der Waals surface area (Å²) in [5.41, 5.74) is 9.47. The van der Waals surface area contributed by atoms with Crippen molar-refractivity contribution in [1.82, 2.24) is 14.1 Å². The molecule has 0 fully saturated rings. The van der Waals surface area contributed by atoms with Crippen molar-refractivity contribution in [2.45, 2.75) is 0 Å². The topological polar surface area (TPSA) is 25.6 Å². The Morgan fingerprint density at radius 1 is 0.359 bits per heavy atom. The third-order valence-corrected chi connectivity index (χ3v) is 8.25. The number of rotatable bonds is 2. The van der Waals surface area contributed by atoms with Crippen LogP contribution in [0, 0.1) is 0 Å². The van der Waals surface area contributed by atoms with E-state index < -0.39 is 0 Å². The predicted molar refractivity (Wildman–Crippen MR) is 164 cm³/mol. The van der Waals surface area contributed by atoms with Crippen LogP contribution in [0.1, 0.15) is 0 Å². The zero-order valence-corrected chi connectivity index (χ0v) is 21.1. The third-order valence-electron chi connectivity index (χ3n) is 8.25. The van der Waals surface area contributed by atoms with Gasteiger partial charge >= 0.3 is 0 Å². The number of para-hydroxylation sites is 6. The zero-order valence-electron chi connectivity index (χ0n) is 21.1. The van der Waals surface area contributed by atoms with Gasteiger partial charge in [-0.3, -0.25) is 0 Å². The van der Waals surface area contributed by atoms with E-state index in [2.05, 4.69) is 148 Å². The number of aromatic nitrogens is 3. The normalized spacial score (nSPS) is 12.1. The first-order valence-corrected chi connectivity index (χ1v) is 13.4. The molecule has 0 aliphatic carbocycles. The van der Waals surface area contributed by atoms with Crippen LogP contribution in [-0.4, -0.2) is 14.1 Å². The second-order valence-corrected chi connectivity index (χ2v) is 10.3. The molecule has 0 saturated carbocycles. The van der Waals surface area contributed by atoms with Crippen molar-refractivity contribution in [1.29, 1.82) is 0 Å². The second-order valence-electron chi connectivity index (χ2n) is 10.3. The maximum atomic E-state index is 3.75. The Morgan fingerprint density at radius 2 is 0.846 bits per heavy atom. The molecule has 0 unspecified atom stereocenters. The van der Waals surface area contributed by atoms with Gasteiger partial charge in [0.05, 0.1) is 39.0 Å². The number of hydrogen-bond donors (Lipinski definition) is 1. The van der Waals surface area contributed by atoms with Gasteiger partial charge in [0.25, 0.3) is 0 Å². The Labute approximate surface area is 224 Å². The third kappa shape index (κ3) is 2.71. The summed E-state index contributed by atoms with van der Waals surface area (Å²) < 4.78 is 4.90. The monoisotopic (exact) mass is 497 g/mol. The van der Waals surface area contributed by atoms with E-state index in [1.807, 2.05) is 0 Å². The summed E-state index contributed by atoms with van der Waals surface area (Å²) in [5.74, 6) is 0.